The molecule has 6 heteroatoms. The predicted octanol–water partition coefficient (Wildman–Crippen LogP) is 3.98. The third kappa shape index (κ3) is 7.22. The van der Waals surface area contributed by atoms with Gasteiger partial charge in [-0.05, 0) is 44.9 Å². The fraction of sp³-hybridized carbons (Fsp3) is 0.562. The molecule has 1 unspecified atom stereocenters. The van der Waals surface area contributed by atoms with Crippen molar-refractivity contribution in [2.24, 2.45) is 0 Å². The highest BCUT2D eigenvalue weighted by Crippen LogP contribution is 2.18. The fourth-order valence-electron chi connectivity index (χ4n) is 1.80. The van der Waals surface area contributed by atoms with Crippen LogP contribution in [0.4, 0.5) is 9.18 Å². The highest BCUT2D eigenvalue weighted by atomic mass is 79.9. The van der Waals surface area contributed by atoms with E-state index in [9.17, 15) is 9.18 Å². The average molecular weight is 375 g/mol. The number of hydrogen-bond donors (Lipinski definition) is 2. The van der Waals surface area contributed by atoms with E-state index in [-0.39, 0.29) is 11.9 Å². The molecule has 0 aliphatic rings. The molecule has 0 aliphatic heterocycles. The minimum atomic E-state index is -0.502. The van der Waals surface area contributed by atoms with Crippen LogP contribution in [0.5, 0.6) is 0 Å². The van der Waals surface area contributed by atoms with Crippen LogP contribution in [0.2, 0.25) is 0 Å². The Hall–Kier alpha value is -1.14. The molecule has 0 saturated carbocycles. The lowest BCUT2D eigenvalue weighted by Crippen LogP contribution is -2.42. The van der Waals surface area contributed by atoms with Gasteiger partial charge in [0.05, 0.1) is 0 Å². The van der Waals surface area contributed by atoms with Gasteiger partial charge in [0.2, 0.25) is 0 Å². The molecule has 1 amide bonds. The summed E-state index contributed by atoms with van der Waals surface area (Å²) in [5.41, 5.74) is 0.468. The first kappa shape index (κ1) is 18.9. The number of benzene rings is 1. The molecule has 1 atom stereocenters. The van der Waals surface area contributed by atoms with E-state index in [1.165, 1.54) is 12.1 Å². The molecule has 0 aliphatic carbocycles. The van der Waals surface area contributed by atoms with Crippen LogP contribution in [0.3, 0.4) is 0 Å². The van der Waals surface area contributed by atoms with Crippen molar-refractivity contribution in [3.63, 3.8) is 0 Å². The van der Waals surface area contributed by atoms with Crippen LogP contribution in [0.15, 0.2) is 22.7 Å². The third-order valence-electron chi connectivity index (χ3n) is 2.98. The molecule has 1 aromatic carbocycles. The van der Waals surface area contributed by atoms with Gasteiger partial charge >= 0.3 is 6.09 Å². The average Bonchev–Trinajstić information content (AvgIpc) is 2.38. The van der Waals surface area contributed by atoms with E-state index in [1.54, 1.807) is 6.07 Å². The maximum Gasteiger partial charge on any atom is 0.407 e. The smallest absolute Gasteiger partial charge is 0.407 e. The molecular weight excluding hydrogens is 351 g/mol. The minimum absolute atomic E-state index is 0.115. The van der Waals surface area contributed by atoms with E-state index in [1.807, 2.05) is 27.7 Å². The van der Waals surface area contributed by atoms with Crippen LogP contribution in [-0.2, 0) is 11.3 Å². The van der Waals surface area contributed by atoms with Crippen molar-refractivity contribution in [3.05, 3.63) is 34.1 Å². The number of amides is 1. The SMILES string of the molecule is CCC(CNC(=O)OC(C)(C)C)NCc1ccc(F)cc1Br. The highest BCUT2D eigenvalue weighted by Gasteiger charge is 2.17. The van der Waals surface area contributed by atoms with Crippen LogP contribution < -0.4 is 10.6 Å². The second-order valence-corrected chi connectivity index (χ2v) is 6.96. The number of carbonyl (C=O) groups is 1. The van der Waals surface area contributed by atoms with Gasteiger partial charge in [-0.1, -0.05) is 28.9 Å². The van der Waals surface area contributed by atoms with Gasteiger partial charge in [0.25, 0.3) is 0 Å². The summed E-state index contributed by atoms with van der Waals surface area (Å²) in [5.74, 6) is -0.269. The van der Waals surface area contributed by atoms with Gasteiger partial charge in [0.15, 0.2) is 0 Å². The predicted molar refractivity (Wildman–Crippen MR) is 89.3 cm³/mol. The first-order valence-electron chi connectivity index (χ1n) is 7.35. The molecule has 1 rings (SSSR count). The van der Waals surface area contributed by atoms with Gasteiger partial charge in [-0.15, -0.1) is 0 Å². The van der Waals surface area contributed by atoms with Crippen molar-refractivity contribution in [2.75, 3.05) is 6.54 Å². The van der Waals surface area contributed by atoms with E-state index in [0.717, 1.165) is 16.5 Å². The van der Waals surface area contributed by atoms with Crippen molar-refractivity contribution in [2.45, 2.75) is 52.3 Å². The summed E-state index contributed by atoms with van der Waals surface area (Å²) in [5, 5.41) is 6.10. The van der Waals surface area contributed by atoms with Gasteiger partial charge in [0.1, 0.15) is 11.4 Å². The molecule has 22 heavy (non-hydrogen) atoms. The summed E-state index contributed by atoms with van der Waals surface area (Å²) in [6, 6.07) is 4.73. The first-order valence-corrected chi connectivity index (χ1v) is 8.14. The number of nitrogens with one attached hydrogen (secondary N) is 2. The third-order valence-corrected chi connectivity index (χ3v) is 3.72. The lowest BCUT2D eigenvalue weighted by atomic mass is 10.2. The van der Waals surface area contributed by atoms with Gasteiger partial charge in [-0.2, -0.15) is 0 Å². The number of ether oxygens (including phenoxy) is 1. The zero-order valence-corrected chi connectivity index (χ0v) is 15.1. The van der Waals surface area contributed by atoms with Gasteiger partial charge in [0, 0.05) is 23.6 Å². The van der Waals surface area contributed by atoms with Crippen molar-refractivity contribution >= 4 is 22.0 Å². The summed E-state index contributed by atoms with van der Waals surface area (Å²) in [6.45, 7) is 8.59. The Bertz CT molecular complexity index is 503. The highest BCUT2D eigenvalue weighted by molar-refractivity contribution is 9.10. The summed E-state index contributed by atoms with van der Waals surface area (Å²) in [7, 11) is 0. The number of halogens is 2. The second-order valence-electron chi connectivity index (χ2n) is 6.10. The molecule has 0 fully saturated rings. The Morgan fingerprint density at radius 3 is 2.64 bits per heavy atom. The molecule has 4 nitrogen and oxygen atoms in total. The monoisotopic (exact) mass is 374 g/mol. The van der Waals surface area contributed by atoms with E-state index in [4.69, 9.17) is 4.74 Å². The van der Waals surface area contributed by atoms with Crippen LogP contribution >= 0.6 is 15.9 Å². The van der Waals surface area contributed by atoms with Crippen LogP contribution in [0.1, 0.15) is 39.7 Å². The summed E-state index contributed by atoms with van der Waals surface area (Å²) in [6.07, 6.45) is 0.435. The molecule has 0 saturated heterocycles. The van der Waals surface area contributed by atoms with Crippen molar-refractivity contribution in [3.8, 4) is 0 Å². The number of alkyl carbamates (subject to hydrolysis) is 1. The standard InChI is InChI=1S/C16H24BrFN2O2/c1-5-13(10-20-15(21)22-16(2,3)4)19-9-11-6-7-12(18)8-14(11)17/h6-8,13,19H,5,9-10H2,1-4H3,(H,20,21). The topological polar surface area (TPSA) is 50.4 Å². The fourth-order valence-corrected chi connectivity index (χ4v) is 2.29. The molecule has 0 bridgehead atoms. The van der Waals surface area contributed by atoms with E-state index in [2.05, 4.69) is 26.6 Å². The molecule has 0 radical (unpaired) electrons. The van der Waals surface area contributed by atoms with E-state index < -0.39 is 11.7 Å². The van der Waals surface area contributed by atoms with Gasteiger partial charge in [-0.3, -0.25) is 0 Å². The normalized spacial score (nSPS) is 12.8. The summed E-state index contributed by atoms with van der Waals surface area (Å²) in [4.78, 5) is 11.6. The molecule has 1 aromatic rings. The van der Waals surface area contributed by atoms with Gasteiger partial charge < -0.3 is 15.4 Å². The van der Waals surface area contributed by atoms with Crippen molar-refractivity contribution in [1.82, 2.24) is 10.6 Å². The molecular formula is C16H24BrFN2O2. The first-order chi connectivity index (χ1) is 10.2. The Morgan fingerprint density at radius 1 is 1.41 bits per heavy atom. The Labute approximate surface area is 139 Å². The molecule has 0 aromatic heterocycles. The molecule has 2 N–H and O–H groups in total. The van der Waals surface area contributed by atoms with Crippen molar-refractivity contribution in [1.29, 1.82) is 0 Å². The quantitative estimate of drug-likeness (QED) is 0.791. The van der Waals surface area contributed by atoms with Crippen LogP contribution in [-0.4, -0.2) is 24.3 Å². The van der Waals surface area contributed by atoms with E-state index >= 15 is 0 Å². The van der Waals surface area contributed by atoms with Crippen LogP contribution in [0.25, 0.3) is 0 Å². The number of carbonyl (C=O) groups excluding carboxylic acids is 1. The zero-order chi connectivity index (χ0) is 16.8. The Morgan fingerprint density at radius 2 is 2.09 bits per heavy atom. The molecule has 0 heterocycles. The van der Waals surface area contributed by atoms with E-state index in [0.29, 0.717) is 13.1 Å². The zero-order valence-electron chi connectivity index (χ0n) is 13.5. The number of hydrogen-bond acceptors (Lipinski definition) is 3. The lowest BCUT2D eigenvalue weighted by Gasteiger charge is -2.22. The number of rotatable bonds is 6. The van der Waals surface area contributed by atoms with Crippen molar-refractivity contribution < 1.29 is 13.9 Å². The minimum Gasteiger partial charge on any atom is -0.444 e. The summed E-state index contributed by atoms with van der Waals surface area (Å²) < 4.78 is 19.0. The van der Waals surface area contributed by atoms with Crippen LogP contribution in [0, 0.1) is 5.82 Å². The summed E-state index contributed by atoms with van der Waals surface area (Å²) >= 11 is 3.34. The Kier molecular flexibility index (Phi) is 7.29. The maximum absolute atomic E-state index is 13.0. The second kappa shape index (κ2) is 8.48. The lowest BCUT2D eigenvalue weighted by molar-refractivity contribution is 0.0522. The molecule has 124 valence electrons. The largest absolute Gasteiger partial charge is 0.444 e. The maximum atomic E-state index is 13.0. The molecule has 0 spiro atoms. The van der Waals surface area contributed by atoms with Gasteiger partial charge in [-0.25, -0.2) is 9.18 Å². The Balaban J connectivity index is 2.43.